The van der Waals surface area contributed by atoms with Crippen LogP contribution >= 0.6 is 0 Å². The second-order valence-electron chi connectivity index (χ2n) is 10.5. The molecule has 0 unspecified atom stereocenters. The molecule has 0 amide bonds. The lowest BCUT2D eigenvalue weighted by Crippen LogP contribution is -2.31. The van der Waals surface area contributed by atoms with Gasteiger partial charge >= 0.3 is 0 Å². The van der Waals surface area contributed by atoms with Crippen molar-refractivity contribution in [2.45, 2.75) is 38.8 Å². The van der Waals surface area contributed by atoms with Crippen molar-refractivity contribution in [3.05, 3.63) is 53.1 Å². The fraction of sp³-hybridized carbons (Fsp3) is 0.419. The van der Waals surface area contributed by atoms with Crippen LogP contribution in [0.25, 0.3) is 11.1 Å². The van der Waals surface area contributed by atoms with Gasteiger partial charge in [0.2, 0.25) is 25.1 Å². The van der Waals surface area contributed by atoms with E-state index in [0.29, 0.717) is 47.6 Å². The number of anilines is 1. The zero-order chi connectivity index (χ0) is 26.3. The van der Waals surface area contributed by atoms with Gasteiger partial charge in [-0.15, -0.1) is 0 Å². The first-order chi connectivity index (χ1) is 19.2. The highest BCUT2D eigenvalue weighted by molar-refractivity contribution is 5.89. The van der Waals surface area contributed by atoms with E-state index in [1.165, 1.54) is 37.9 Å². The molecule has 1 fully saturated rings. The van der Waals surface area contributed by atoms with Crippen molar-refractivity contribution in [1.82, 2.24) is 4.90 Å². The minimum absolute atomic E-state index is 0.149. The maximum Gasteiger partial charge on any atom is 0.231 e. The van der Waals surface area contributed by atoms with Gasteiger partial charge in [0.1, 0.15) is 0 Å². The molecule has 7 rings (SSSR count). The smallest absolute Gasteiger partial charge is 0.231 e. The zero-order valence-electron chi connectivity index (χ0n) is 22.6. The van der Waals surface area contributed by atoms with E-state index in [0.717, 1.165) is 40.9 Å². The van der Waals surface area contributed by atoms with Gasteiger partial charge in [0.05, 0.1) is 14.2 Å². The molecule has 0 bridgehead atoms. The first kappa shape index (κ1) is 24.3. The Hall–Kier alpha value is -3.78. The number of piperidine rings is 1. The summed E-state index contributed by atoms with van der Waals surface area (Å²) in [7, 11) is 3.32. The number of hydrogen-bond acceptors (Lipinski definition) is 8. The summed E-state index contributed by atoms with van der Waals surface area (Å²) in [4.78, 5) is 4.97. The maximum atomic E-state index is 6.05. The molecule has 0 radical (unpaired) electrons. The summed E-state index contributed by atoms with van der Waals surface area (Å²) >= 11 is 0. The van der Waals surface area contributed by atoms with Gasteiger partial charge in [-0.05, 0) is 73.3 Å². The van der Waals surface area contributed by atoms with E-state index in [1.807, 2.05) is 0 Å². The van der Waals surface area contributed by atoms with Crippen LogP contribution in [0.1, 0.15) is 36.0 Å². The molecule has 1 saturated heterocycles. The fourth-order valence-corrected chi connectivity index (χ4v) is 6.27. The van der Waals surface area contributed by atoms with Crippen molar-refractivity contribution in [2.24, 2.45) is 0 Å². The topological polar surface area (TPSA) is 61.9 Å². The number of benzene rings is 3. The average molecular weight is 531 g/mol. The highest BCUT2D eigenvalue weighted by Crippen LogP contribution is 2.57. The Morgan fingerprint density at radius 1 is 0.692 bits per heavy atom. The molecule has 8 heteroatoms. The largest absolute Gasteiger partial charge is 0.493 e. The predicted octanol–water partition coefficient (Wildman–Crippen LogP) is 5.38. The van der Waals surface area contributed by atoms with Crippen molar-refractivity contribution < 1.29 is 28.4 Å². The Morgan fingerprint density at radius 3 is 1.77 bits per heavy atom. The van der Waals surface area contributed by atoms with Crippen LogP contribution in [0.3, 0.4) is 0 Å². The van der Waals surface area contributed by atoms with E-state index in [9.17, 15) is 0 Å². The van der Waals surface area contributed by atoms with E-state index in [1.54, 1.807) is 14.2 Å². The molecule has 204 valence electrons. The monoisotopic (exact) mass is 530 g/mol. The summed E-state index contributed by atoms with van der Waals surface area (Å²) in [5, 5.41) is 0. The Balaban J connectivity index is 1.27. The van der Waals surface area contributed by atoms with Crippen LogP contribution < -0.4 is 33.3 Å². The predicted molar refractivity (Wildman–Crippen MR) is 148 cm³/mol. The van der Waals surface area contributed by atoms with E-state index in [-0.39, 0.29) is 13.6 Å². The SMILES string of the molecule is COc1cc2c(c3c1OCO3)-c1c(cc(OC)c3c1OCO3)CN(c1ccc(CCN3CCCCC3)cc1)C2. The lowest BCUT2D eigenvalue weighted by atomic mass is 9.93. The van der Waals surface area contributed by atoms with E-state index in [2.05, 4.69) is 46.2 Å². The summed E-state index contributed by atoms with van der Waals surface area (Å²) in [5.74, 6) is 3.95. The minimum atomic E-state index is 0.149. The lowest BCUT2D eigenvalue weighted by molar-refractivity contribution is 0.170. The van der Waals surface area contributed by atoms with Crippen LogP contribution in [0.2, 0.25) is 0 Å². The van der Waals surface area contributed by atoms with Gasteiger partial charge in [-0.2, -0.15) is 0 Å². The minimum Gasteiger partial charge on any atom is -0.493 e. The van der Waals surface area contributed by atoms with Gasteiger partial charge in [0, 0.05) is 36.4 Å². The Kier molecular flexibility index (Phi) is 6.27. The van der Waals surface area contributed by atoms with Crippen molar-refractivity contribution in [1.29, 1.82) is 0 Å². The number of likely N-dealkylation sites (tertiary alicyclic amines) is 1. The van der Waals surface area contributed by atoms with Crippen LogP contribution in [-0.2, 0) is 19.5 Å². The van der Waals surface area contributed by atoms with Crippen molar-refractivity contribution in [3.8, 4) is 45.6 Å². The van der Waals surface area contributed by atoms with Crippen LogP contribution in [-0.4, -0.2) is 52.3 Å². The van der Waals surface area contributed by atoms with Crippen molar-refractivity contribution >= 4 is 5.69 Å². The third-order valence-corrected chi connectivity index (χ3v) is 8.26. The number of methoxy groups -OCH3 is 2. The summed E-state index contributed by atoms with van der Waals surface area (Å²) < 4.78 is 35.2. The molecular formula is C31H34N2O6. The molecule has 39 heavy (non-hydrogen) atoms. The number of fused-ring (bicyclic) bond motifs is 7. The van der Waals surface area contributed by atoms with Gasteiger partial charge in [-0.25, -0.2) is 0 Å². The summed E-state index contributed by atoms with van der Waals surface area (Å²) in [6, 6.07) is 13.1. The first-order valence-corrected chi connectivity index (χ1v) is 13.8. The summed E-state index contributed by atoms with van der Waals surface area (Å²) in [5.41, 5.74) is 6.60. The van der Waals surface area contributed by atoms with Gasteiger partial charge in [0.25, 0.3) is 0 Å². The normalized spacial score (nSPS) is 17.4. The third kappa shape index (κ3) is 4.27. The first-order valence-electron chi connectivity index (χ1n) is 13.8. The highest BCUT2D eigenvalue weighted by atomic mass is 16.7. The van der Waals surface area contributed by atoms with Crippen LogP contribution in [0, 0.1) is 0 Å². The molecule has 4 aliphatic heterocycles. The lowest BCUT2D eigenvalue weighted by Gasteiger charge is -2.26. The number of nitrogens with zero attached hydrogens (tertiary/aromatic N) is 2. The number of hydrogen-bond donors (Lipinski definition) is 0. The van der Waals surface area contributed by atoms with Crippen LogP contribution in [0.5, 0.6) is 34.5 Å². The molecule has 0 N–H and O–H groups in total. The van der Waals surface area contributed by atoms with Crippen molar-refractivity contribution in [2.75, 3.05) is 52.3 Å². The van der Waals surface area contributed by atoms with Gasteiger partial charge in [-0.3, -0.25) is 0 Å². The van der Waals surface area contributed by atoms with Crippen molar-refractivity contribution in [3.63, 3.8) is 0 Å². The van der Waals surface area contributed by atoms with Gasteiger partial charge < -0.3 is 38.2 Å². The molecule has 0 aliphatic carbocycles. The summed E-state index contributed by atoms with van der Waals surface area (Å²) in [6.45, 7) is 5.22. The molecule has 8 nitrogen and oxygen atoms in total. The quantitative estimate of drug-likeness (QED) is 0.421. The molecule has 4 aliphatic rings. The molecule has 3 aromatic rings. The van der Waals surface area contributed by atoms with E-state index >= 15 is 0 Å². The van der Waals surface area contributed by atoms with Gasteiger partial charge in [0.15, 0.2) is 23.0 Å². The van der Waals surface area contributed by atoms with E-state index < -0.39 is 0 Å². The average Bonchev–Trinajstić information content (AvgIpc) is 3.64. The zero-order valence-corrected chi connectivity index (χ0v) is 22.6. The maximum absolute atomic E-state index is 6.05. The molecule has 0 aromatic heterocycles. The molecular weight excluding hydrogens is 496 g/mol. The van der Waals surface area contributed by atoms with Gasteiger partial charge in [-0.1, -0.05) is 18.6 Å². The second kappa shape index (κ2) is 10.1. The Morgan fingerprint density at radius 2 is 1.23 bits per heavy atom. The van der Waals surface area contributed by atoms with Crippen LogP contribution in [0.4, 0.5) is 5.69 Å². The molecule has 4 heterocycles. The molecule has 0 saturated carbocycles. The summed E-state index contributed by atoms with van der Waals surface area (Å²) in [6.07, 6.45) is 5.10. The molecule has 3 aromatic carbocycles. The Labute approximate surface area is 228 Å². The fourth-order valence-electron chi connectivity index (χ4n) is 6.27. The molecule has 0 spiro atoms. The highest BCUT2D eigenvalue weighted by Gasteiger charge is 2.36. The number of ether oxygens (including phenoxy) is 6. The van der Waals surface area contributed by atoms with Crippen LogP contribution in [0.15, 0.2) is 36.4 Å². The molecule has 0 atom stereocenters. The third-order valence-electron chi connectivity index (χ3n) is 8.26. The van der Waals surface area contributed by atoms with E-state index in [4.69, 9.17) is 28.4 Å². The number of rotatable bonds is 6. The standard InChI is InChI=1S/C31H34N2O6/c1-34-24-14-21-16-33(23-8-6-20(7-9-23)10-13-32-11-4-3-5-12-32)17-22-15-25(35-2)29-31(39-19-37-29)27(22)26(21)30-28(24)36-18-38-30/h6-9,14-15H,3-5,10-13,16-19H2,1-2H3. The Bertz CT molecular complexity index is 1310. The second-order valence-corrected chi connectivity index (χ2v) is 10.5.